The Morgan fingerprint density at radius 3 is 2.77 bits per heavy atom. The number of hydrogen-bond acceptors (Lipinski definition) is 2. The second kappa shape index (κ2) is 2.95. The first-order valence-corrected chi connectivity index (χ1v) is 5.59. The summed E-state index contributed by atoms with van der Waals surface area (Å²) in [5.41, 5.74) is 5.00. The minimum absolute atomic E-state index is 0.307. The molecule has 1 aromatic heterocycles. The summed E-state index contributed by atoms with van der Waals surface area (Å²) in [5, 5.41) is 0. The molecule has 0 aromatic carbocycles. The number of fused-ring (bicyclic) bond motifs is 1. The van der Waals surface area contributed by atoms with Crippen molar-refractivity contribution in [2.45, 2.75) is 33.6 Å². The fraction of sp³-hybridized carbons (Fsp3) is 0.545. The topological polar surface area (TPSA) is 12.9 Å². The van der Waals surface area contributed by atoms with Gasteiger partial charge in [-0.2, -0.15) is 0 Å². The minimum atomic E-state index is 0.307. The Labute approximate surface area is 83.5 Å². The number of thiazole rings is 1. The maximum atomic E-state index is 4.36. The zero-order valence-electron chi connectivity index (χ0n) is 8.42. The van der Waals surface area contributed by atoms with E-state index in [4.69, 9.17) is 0 Å². The SMILES string of the molecule is CC(C)(C)C1=Cc2ncsc2CC1. The van der Waals surface area contributed by atoms with Crippen LogP contribution in [0.3, 0.4) is 0 Å². The molecule has 0 spiro atoms. The third-order valence-electron chi connectivity index (χ3n) is 2.57. The molecule has 0 unspecified atom stereocenters. The van der Waals surface area contributed by atoms with E-state index < -0.39 is 0 Å². The van der Waals surface area contributed by atoms with Crippen LogP contribution >= 0.6 is 11.3 Å². The third kappa shape index (κ3) is 1.68. The standard InChI is InChI=1S/C11H15NS/c1-11(2,3)8-4-5-10-9(6-8)12-7-13-10/h6-7H,4-5H2,1-3H3. The van der Waals surface area contributed by atoms with Crippen molar-refractivity contribution >= 4 is 17.4 Å². The van der Waals surface area contributed by atoms with E-state index in [0.717, 1.165) is 0 Å². The highest BCUT2D eigenvalue weighted by Crippen LogP contribution is 2.35. The normalized spacial score (nSPS) is 16.7. The van der Waals surface area contributed by atoms with Crippen molar-refractivity contribution in [3.63, 3.8) is 0 Å². The van der Waals surface area contributed by atoms with E-state index in [1.54, 1.807) is 11.3 Å². The van der Waals surface area contributed by atoms with Gasteiger partial charge in [0.1, 0.15) is 0 Å². The highest BCUT2D eigenvalue weighted by atomic mass is 32.1. The molecular formula is C11H15NS. The van der Waals surface area contributed by atoms with Crippen LogP contribution in [0.4, 0.5) is 0 Å². The molecule has 1 aliphatic carbocycles. The van der Waals surface area contributed by atoms with Crippen LogP contribution in [0.2, 0.25) is 0 Å². The second-order valence-electron chi connectivity index (χ2n) is 4.58. The van der Waals surface area contributed by atoms with Crippen molar-refractivity contribution in [1.82, 2.24) is 4.98 Å². The molecule has 1 aliphatic rings. The molecule has 0 bridgehead atoms. The Morgan fingerprint density at radius 1 is 1.31 bits per heavy atom. The minimum Gasteiger partial charge on any atom is -0.245 e. The molecule has 0 N–H and O–H groups in total. The average molecular weight is 193 g/mol. The summed E-state index contributed by atoms with van der Waals surface area (Å²) in [6, 6.07) is 0. The molecule has 0 atom stereocenters. The number of allylic oxidation sites excluding steroid dienone is 1. The Balaban J connectivity index is 2.38. The molecule has 0 saturated heterocycles. The maximum absolute atomic E-state index is 4.36. The maximum Gasteiger partial charge on any atom is 0.0801 e. The average Bonchev–Trinajstić information content (AvgIpc) is 2.47. The highest BCUT2D eigenvalue weighted by molar-refractivity contribution is 7.09. The molecule has 1 heterocycles. The molecule has 0 radical (unpaired) electrons. The van der Waals surface area contributed by atoms with Crippen LogP contribution in [0, 0.1) is 5.41 Å². The summed E-state index contributed by atoms with van der Waals surface area (Å²) < 4.78 is 0. The Morgan fingerprint density at radius 2 is 2.08 bits per heavy atom. The lowest BCUT2D eigenvalue weighted by Gasteiger charge is -2.25. The first kappa shape index (κ1) is 8.95. The molecule has 0 fully saturated rings. The fourth-order valence-corrected chi connectivity index (χ4v) is 2.41. The molecule has 0 aliphatic heterocycles. The van der Waals surface area contributed by atoms with Crippen LogP contribution in [-0.2, 0) is 6.42 Å². The van der Waals surface area contributed by atoms with Crippen molar-refractivity contribution in [3.05, 3.63) is 21.7 Å². The van der Waals surface area contributed by atoms with Crippen LogP contribution in [0.25, 0.3) is 6.08 Å². The van der Waals surface area contributed by atoms with E-state index in [0.29, 0.717) is 5.41 Å². The van der Waals surface area contributed by atoms with Crippen LogP contribution in [0.1, 0.15) is 37.8 Å². The van der Waals surface area contributed by atoms with E-state index in [1.165, 1.54) is 29.0 Å². The van der Waals surface area contributed by atoms with Gasteiger partial charge in [0.25, 0.3) is 0 Å². The molecule has 1 aromatic rings. The molecule has 70 valence electrons. The predicted octanol–water partition coefficient (Wildman–Crippen LogP) is 3.52. The molecule has 0 amide bonds. The molecule has 1 nitrogen and oxygen atoms in total. The van der Waals surface area contributed by atoms with Crippen molar-refractivity contribution in [2.24, 2.45) is 5.41 Å². The molecule has 2 rings (SSSR count). The van der Waals surface area contributed by atoms with Gasteiger partial charge in [-0.25, -0.2) is 4.98 Å². The summed E-state index contributed by atoms with van der Waals surface area (Å²) in [5.74, 6) is 0. The lowest BCUT2D eigenvalue weighted by molar-refractivity contribution is 0.484. The van der Waals surface area contributed by atoms with Crippen LogP contribution < -0.4 is 0 Å². The lowest BCUT2D eigenvalue weighted by Crippen LogP contribution is -2.12. The number of aryl methyl sites for hydroxylation is 1. The Bertz CT molecular complexity index is 341. The van der Waals surface area contributed by atoms with Gasteiger partial charge in [0.2, 0.25) is 0 Å². The molecule has 13 heavy (non-hydrogen) atoms. The smallest absolute Gasteiger partial charge is 0.0801 e. The van der Waals surface area contributed by atoms with Gasteiger partial charge in [-0.3, -0.25) is 0 Å². The molecular weight excluding hydrogens is 178 g/mol. The number of aromatic nitrogens is 1. The summed E-state index contributed by atoms with van der Waals surface area (Å²) in [7, 11) is 0. The second-order valence-corrected chi connectivity index (χ2v) is 5.52. The summed E-state index contributed by atoms with van der Waals surface area (Å²) in [6.45, 7) is 6.82. The van der Waals surface area contributed by atoms with Gasteiger partial charge in [0.05, 0.1) is 11.2 Å². The zero-order valence-corrected chi connectivity index (χ0v) is 9.24. The summed E-state index contributed by atoms with van der Waals surface area (Å²) in [6.07, 6.45) is 4.66. The van der Waals surface area contributed by atoms with Crippen molar-refractivity contribution in [3.8, 4) is 0 Å². The highest BCUT2D eigenvalue weighted by Gasteiger charge is 2.21. The van der Waals surface area contributed by atoms with Gasteiger partial charge in [0, 0.05) is 4.88 Å². The van der Waals surface area contributed by atoms with Gasteiger partial charge in [-0.05, 0) is 24.3 Å². The third-order valence-corrected chi connectivity index (χ3v) is 3.48. The van der Waals surface area contributed by atoms with Gasteiger partial charge in [-0.1, -0.05) is 26.3 Å². The lowest BCUT2D eigenvalue weighted by atomic mass is 9.81. The Hall–Kier alpha value is -0.630. The van der Waals surface area contributed by atoms with Gasteiger partial charge in [-0.15, -0.1) is 11.3 Å². The van der Waals surface area contributed by atoms with Crippen molar-refractivity contribution in [2.75, 3.05) is 0 Å². The molecule has 0 saturated carbocycles. The quantitative estimate of drug-likeness (QED) is 0.614. The van der Waals surface area contributed by atoms with Crippen molar-refractivity contribution in [1.29, 1.82) is 0 Å². The van der Waals surface area contributed by atoms with E-state index in [9.17, 15) is 0 Å². The summed E-state index contributed by atoms with van der Waals surface area (Å²) >= 11 is 1.78. The van der Waals surface area contributed by atoms with Crippen molar-refractivity contribution < 1.29 is 0 Å². The van der Waals surface area contributed by atoms with E-state index in [2.05, 4.69) is 31.8 Å². The monoisotopic (exact) mass is 193 g/mol. The van der Waals surface area contributed by atoms with E-state index in [-0.39, 0.29) is 0 Å². The van der Waals surface area contributed by atoms with Gasteiger partial charge >= 0.3 is 0 Å². The predicted molar refractivity (Wildman–Crippen MR) is 57.9 cm³/mol. The van der Waals surface area contributed by atoms with E-state index in [1.807, 2.05) is 5.51 Å². The number of rotatable bonds is 0. The van der Waals surface area contributed by atoms with Gasteiger partial charge in [0.15, 0.2) is 0 Å². The first-order valence-electron chi connectivity index (χ1n) is 4.71. The van der Waals surface area contributed by atoms with Crippen LogP contribution in [0.5, 0.6) is 0 Å². The number of hydrogen-bond donors (Lipinski definition) is 0. The van der Waals surface area contributed by atoms with Crippen LogP contribution in [0.15, 0.2) is 11.1 Å². The zero-order chi connectivity index (χ0) is 9.47. The fourth-order valence-electron chi connectivity index (χ4n) is 1.66. The van der Waals surface area contributed by atoms with Crippen LogP contribution in [-0.4, -0.2) is 4.98 Å². The first-order chi connectivity index (χ1) is 6.07. The van der Waals surface area contributed by atoms with Gasteiger partial charge < -0.3 is 0 Å². The largest absolute Gasteiger partial charge is 0.245 e. The molecule has 2 heteroatoms. The summed E-state index contributed by atoms with van der Waals surface area (Å²) in [4.78, 5) is 5.81. The van der Waals surface area contributed by atoms with E-state index >= 15 is 0 Å². The Kier molecular flexibility index (Phi) is 2.03. The number of nitrogens with zero attached hydrogens (tertiary/aromatic N) is 1.